The van der Waals surface area contributed by atoms with Crippen LogP contribution in [0.15, 0.2) is 30.6 Å². The number of hydrogen-bond acceptors (Lipinski definition) is 6. The molecule has 0 unspecified atom stereocenters. The van der Waals surface area contributed by atoms with Gasteiger partial charge in [-0.1, -0.05) is 17.7 Å². The predicted octanol–water partition coefficient (Wildman–Crippen LogP) is 2.14. The van der Waals surface area contributed by atoms with Gasteiger partial charge in [0.1, 0.15) is 19.0 Å². The molecule has 0 aliphatic carbocycles. The Balaban J connectivity index is 1.95. The van der Waals surface area contributed by atoms with Gasteiger partial charge in [0.25, 0.3) is 5.65 Å². The molecular weight excluding hydrogens is 423 g/mol. The molecule has 0 N–H and O–H groups in total. The number of ketones is 1. The first kappa shape index (κ1) is 20.1. The van der Waals surface area contributed by atoms with Crippen LogP contribution in [0, 0.1) is 0 Å². The van der Waals surface area contributed by atoms with Gasteiger partial charge in [-0.05, 0) is 6.07 Å². The van der Waals surface area contributed by atoms with Crippen molar-refractivity contribution < 1.29 is 37.0 Å². The molecule has 0 aliphatic heterocycles. The summed E-state index contributed by atoms with van der Waals surface area (Å²) >= 11 is 6.91. The fraction of sp³-hybridized carbons (Fsp3) is 0.250. The quantitative estimate of drug-likeness (QED) is 0.257. The number of nitrogens with zero attached hydrogens (tertiary/aromatic N) is 3. The number of carbonyl (C=O) groups is 2. The molecule has 0 saturated carbocycles. The second-order valence-corrected chi connectivity index (χ2v) is 7.28. The second kappa shape index (κ2) is 7.76. The van der Waals surface area contributed by atoms with Crippen molar-refractivity contribution in [2.75, 3.05) is 6.61 Å². The third-order valence-corrected chi connectivity index (χ3v) is 4.76. The summed E-state index contributed by atoms with van der Waals surface area (Å²) in [4.78, 5) is 28.9. The largest absolute Gasteiger partial charge is 0.839 e. The Morgan fingerprint density at radius 2 is 2.11 bits per heavy atom. The van der Waals surface area contributed by atoms with Crippen LogP contribution in [0.25, 0.3) is 5.65 Å². The van der Waals surface area contributed by atoms with Gasteiger partial charge in [-0.2, -0.15) is 13.2 Å². The number of hydrogen-bond donors (Lipinski definition) is 0. The first-order chi connectivity index (χ1) is 13.2. The molecule has 3 aromatic heterocycles. The summed E-state index contributed by atoms with van der Waals surface area (Å²) in [6.07, 6.45) is -3.08. The van der Waals surface area contributed by atoms with Gasteiger partial charge in [0.2, 0.25) is 5.69 Å². The van der Waals surface area contributed by atoms with Gasteiger partial charge in [0.15, 0.2) is 4.47 Å². The van der Waals surface area contributed by atoms with Crippen LogP contribution in [0.1, 0.15) is 21.8 Å². The molecule has 0 radical (unpaired) electrons. The molecule has 148 valence electrons. The van der Waals surface area contributed by atoms with Crippen LogP contribution in [0.3, 0.4) is 0 Å². The zero-order valence-electron chi connectivity index (χ0n) is 13.9. The number of Topliss-reactive ketones (excluding diaryl/α,β-unsaturated/α-hetero) is 1. The molecule has 12 heteroatoms. The highest BCUT2D eigenvalue weighted by molar-refractivity contribution is 7.15. The number of pyridine rings is 1. The monoisotopic (exact) mass is 433 g/mol. The summed E-state index contributed by atoms with van der Waals surface area (Å²) in [7, 11) is 0. The molecule has 0 amide bonds. The van der Waals surface area contributed by atoms with E-state index in [2.05, 4.69) is 9.72 Å². The van der Waals surface area contributed by atoms with Crippen molar-refractivity contribution in [3.8, 4) is 5.88 Å². The van der Waals surface area contributed by atoms with Gasteiger partial charge in [0, 0.05) is 12.3 Å². The van der Waals surface area contributed by atoms with Crippen molar-refractivity contribution in [2.24, 2.45) is 0 Å². The highest BCUT2D eigenvalue weighted by atomic mass is 35.5. The lowest BCUT2D eigenvalue weighted by Crippen LogP contribution is -2.26. The molecule has 0 fully saturated rings. The van der Waals surface area contributed by atoms with E-state index in [1.54, 1.807) is 18.2 Å². The van der Waals surface area contributed by atoms with Crippen LogP contribution in [0.5, 0.6) is 5.88 Å². The smallest absolute Gasteiger partial charge is 0.392 e. The Hall–Kier alpha value is -2.66. The number of aromatic nitrogens is 3. The molecule has 0 saturated heterocycles. The molecular formula is C16H11ClF3N3O4S. The lowest BCUT2D eigenvalue weighted by atomic mass is 10.3. The van der Waals surface area contributed by atoms with E-state index in [1.165, 1.54) is 17.0 Å². The van der Waals surface area contributed by atoms with Gasteiger partial charge < -0.3 is 9.84 Å². The first-order valence-corrected chi connectivity index (χ1v) is 8.95. The number of ether oxygens (including phenoxy) is 1. The lowest BCUT2D eigenvalue weighted by molar-refractivity contribution is -0.582. The van der Waals surface area contributed by atoms with Crippen molar-refractivity contribution in [3.05, 3.63) is 45.6 Å². The molecule has 28 heavy (non-hydrogen) atoms. The maximum absolute atomic E-state index is 12.6. The maximum atomic E-state index is 12.6. The van der Waals surface area contributed by atoms with Crippen LogP contribution in [-0.4, -0.2) is 34.1 Å². The van der Waals surface area contributed by atoms with Crippen molar-refractivity contribution in [1.82, 2.24) is 9.55 Å². The zero-order valence-corrected chi connectivity index (χ0v) is 15.5. The van der Waals surface area contributed by atoms with E-state index in [9.17, 15) is 27.9 Å². The SMILES string of the molecule is O=C(OCCC(F)(F)F)C(=O)c1c([O-])[n+]2ccccc2n1Cc1cnc(Cl)s1. The molecule has 3 heterocycles. The fourth-order valence-corrected chi connectivity index (χ4v) is 3.45. The van der Waals surface area contributed by atoms with Gasteiger partial charge in [-0.25, -0.2) is 18.7 Å². The third kappa shape index (κ3) is 4.25. The van der Waals surface area contributed by atoms with Crippen LogP contribution in [-0.2, 0) is 16.1 Å². The van der Waals surface area contributed by atoms with Crippen molar-refractivity contribution in [1.29, 1.82) is 0 Å². The minimum absolute atomic E-state index is 0.0110. The highest BCUT2D eigenvalue weighted by Crippen LogP contribution is 2.23. The number of imidazole rings is 1. The minimum atomic E-state index is -4.54. The number of fused-ring (bicyclic) bond motifs is 1. The van der Waals surface area contributed by atoms with Gasteiger partial charge >= 0.3 is 17.9 Å². The van der Waals surface area contributed by atoms with E-state index in [0.29, 0.717) is 10.5 Å². The van der Waals surface area contributed by atoms with Crippen molar-refractivity contribution >= 4 is 40.3 Å². The Bertz CT molecular complexity index is 1050. The Morgan fingerprint density at radius 3 is 2.75 bits per heavy atom. The topological polar surface area (TPSA) is 88.4 Å². The second-order valence-electron chi connectivity index (χ2n) is 5.58. The molecule has 0 aliphatic rings. The summed E-state index contributed by atoms with van der Waals surface area (Å²) in [6.45, 7) is -1.00. The van der Waals surface area contributed by atoms with Crippen molar-refractivity contribution in [3.63, 3.8) is 0 Å². The number of halogens is 4. The lowest BCUT2D eigenvalue weighted by Gasteiger charge is -2.07. The van der Waals surface area contributed by atoms with E-state index in [-0.39, 0.29) is 11.0 Å². The molecule has 3 aromatic rings. The number of alkyl halides is 3. The third-order valence-electron chi connectivity index (χ3n) is 3.66. The van der Waals surface area contributed by atoms with Crippen molar-refractivity contribution in [2.45, 2.75) is 19.1 Å². The van der Waals surface area contributed by atoms with Gasteiger partial charge in [-0.3, -0.25) is 4.79 Å². The summed E-state index contributed by atoms with van der Waals surface area (Å²) in [5, 5.41) is 12.6. The standard InChI is InChI=1S/C16H11ClF3N3O4S/c17-15-21-7-9(28-15)8-23-10-3-1-2-5-22(10)13(25)11(23)12(24)14(26)27-6-4-16(18,19)20/h1-3,5,7H,4,6,8H2. The maximum Gasteiger partial charge on any atom is 0.392 e. The van der Waals surface area contributed by atoms with Crippen LogP contribution in [0.4, 0.5) is 13.2 Å². The summed E-state index contributed by atoms with van der Waals surface area (Å²) in [6, 6.07) is 4.73. The average molecular weight is 434 g/mol. The average Bonchev–Trinajstić information content (AvgIpc) is 3.15. The molecule has 0 atom stereocenters. The van der Waals surface area contributed by atoms with E-state index in [0.717, 1.165) is 15.7 Å². The Kier molecular flexibility index (Phi) is 5.57. The summed E-state index contributed by atoms with van der Waals surface area (Å²) in [5.41, 5.74) is -0.212. The van der Waals surface area contributed by atoms with Crippen LogP contribution in [0.2, 0.25) is 4.47 Å². The summed E-state index contributed by atoms with van der Waals surface area (Å²) in [5.74, 6) is -3.65. The molecule has 7 nitrogen and oxygen atoms in total. The summed E-state index contributed by atoms with van der Waals surface area (Å²) < 4.78 is 43.7. The normalized spacial score (nSPS) is 11.7. The van der Waals surface area contributed by atoms with E-state index >= 15 is 0 Å². The fourth-order valence-electron chi connectivity index (χ4n) is 2.48. The van der Waals surface area contributed by atoms with E-state index in [4.69, 9.17) is 11.6 Å². The van der Waals surface area contributed by atoms with E-state index < -0.39 is 42.5 Å². The number of esters is 1. The number of carbonyl (C=O) groups excluding carboxylic acids is 2. The van der Waals surface area contributed by atoms with Crippen LogP contribution < -0.4 is 9.51 Å². The van der Waals surface area contributed by atoms with Gasteiger partial charge in [0.05, 0.1) is 17.5 Å². The minimum Gasteiger partial charge on any atom is -0.839 e. The molecule has 3 rings (SSSR count). The Labute approximate surface area is 164 Å². The Morgan fingerprint density at radius 1 is 1.36 bits per heavy atom. The molecule has 0 spiro atoms. The van der Waals surface area contributed by atoms with E-state index in [1.807, 2.05) is 0 Å². The van der Waals surface area contributed by atoms with Gasteiger partial charge in [-0.15, -0.1) is 11.3 Å². The predicted molar refractivity (Wildman–Crippen MR) is 89.2 cm³/mol. The molecule has 0 aromatic carbocycles. The molecule has 0 bridgehead atoms. The number of rotatable bonds is 6. The first-order valence-electron chi connectivity index (χ1n) is 7.75. The highest BCUT2D eigenvalue weighted by Gasteiger charge is 2.33. The number of thiazole rings is 1. The van der Waals surface area contributed by atoms with Crippen LogP contribution >= 0.6 is 22.9 Å². The zero-order chi connectivity index (χ0) is 20.5.